The largest absolute Gasteiger partial charge is 0.423 e. The lowest BCUT2D eigenvalue weighted by molar-refractivity contribution is -0.137. The van der Waals surface area contributed by atoms with Gasteiger partial charge in [-0.3, -0.25) is 4.79 Å². The average Bonchev–Trinajstić information content (AvgIpc) is 3.48. The van der Waals surface area contributed by atoms with Crippen LogP contribution in [0.1, 0.15) is 22.3 Å². The zero-order valence-corrected chi connectivity index (χ0v) is 18.9. The fraction of sp³-hybridized carbons (Fsp3) is 0.304. The molecule has 0 aliphatic carbocycles. The number of carbonyl (C=O) groups excluding carboxylic acids is 1. The summed E-state index contributed by atoms with van der Waals surface area (Å²) in [5.41, 5.74) is 0.437. The van der Waals surface area contributed by atoms with Crippen LogP contribution >= 0.6 is 11.6 Å². The molecular formula is C23H18ClF3N6O2. The van der Waals surface area contributed by atoms with Gasteiger partial charge in [-0.1, -0.05) is 11.6 Å². The number of likely N-dealkylation sites (tertiary alicyclic amines) is 1. The van der Waals surface area contributed by atoms with Gasteiger partial charge < -0.3 is 14.2 Å². The minimum absolute atomic E-state index is 0.0479. The van der Waals surface area contributed by atoms with Crippen molar-refractivity contribution in [3.63, 3.8) is 0 Å². The molecule has 0 unspecified atom stereocenters. The third kappa shape index (κ3) is 3.79. The van der Waals surface area contributed by atoms with Crippen LogP contribution in [0, 0.1) is 5.92 Å². The Balaban J connectivity index is 1.29. The summed E-state index contributed by atoms with van der Waals surface area (Å²) < 4.78 is 46.2. The van der Waals surface area contributed by atoms with E-state index in [9.17, 15) is 18.0 Å². The second-order valence-electron chi connectivity index (χ2n) is 8.68. The summed E-state index contributed by atoms with van der Waals surface area (Å²) in [4.78, 5) is 22.8. The molecule has 8 nitrogen and oxygen atoms in total. The smallest absolute Gasteiger partial charge is 0.416 e. The molecule has 2 aromatic heterocycles. The van der Waals surface area contributed by atoms with Crippen LogP contribution in [-0.4, -0.2) is 56.5 Å². The van der Waals surface area contributed by atoms with Crippen LogP contribution in [0.3, 0.4) is 0 Å². The predicted octanol–water partition coefficient (Wildman–Crippen LogP) is 4.43. The first-order valence-electron chi connectivity index (χ1n) is 11.0. The summed E-state index contributed by atoms with van der Waals surface area (Å²) in [7, 11) is 0. The van der Waals surface area contributed by atoms with E-state index in [1.807, 2.05) is 4.90 Å². The van der Waals surface area contributed by atoms with Crippen molar-refractivity contribution in [3.05, 3.63) is 64.9 Å². The maximum Gasteiger partial charge on any atom is 0.416 e. The third-order valence-corrected chi connectivity index (χ3v) is 6.85. The van der Waals surface area contributed by atoms with Crippen molar-refractivity contribution < 1.29 is 22.4 Å². The van der Waals surface area contributed by atoms with Gasteiger partial charge in [0.2, 0.25) is 0 Å². The van der Waals surface area contributed by atoms with Crippen LogP contribution in [0.25, 0.3) is 16.8 Å². The molecule has 0 bridgehead atoms. The lowest BCUT2D eigenvalue weighted by Gasteiger charge is -2.52. The van der Waals surface area contributed by atoms with Gasteiger partial charge in [0.15, 0.2) is 5.58 Å². The van der Waals surface area contributed by atoms with Crippen molar-refractivity contribution in [3.8, 4) is 5.69 Å². The molecule has 0 N–H and O–H groups in total. The zero-order chi connectivity index (χ0) is 24.3. The number of fused-ring (bicyclic) bond motifs is 2. The molecule has 2 fully saturated rings. The van der Waals surface area contributed by atoms with Crippen LogP contribution in [0.2, 0.25) is 5.02 Å². The van der Waals surface area contributed by atoms with Gasteiger partial charge in [0.05, 0.1) is 35.2 Å². The first-order valence-corrected chi connectivity index (χ1v) is 11.4. The van der Waals surface area contributed by atoms with Crippen molar-refractivity contribution >= 4 is 34.6 Å². The zero-order valence-electron chi connectivity index (χ0n) is 18.1. The molecule has 12 heteroatoms. The molecule has 2 saturated heterocycles. The Hall–Kier alpha value is -3.60. The Labute approximate surface area is 201 Å². The van der Waals surface area contributed by atoms with Crippen molar-refractivity contribution in [2.75, 3.05) is 24.5 Å². The van der Waals surface area contributed by atoms with Gasteiger partial charge in [-0.15, -0.1) is 0 Å². The minimum atomic E-state index is -4.58. The summed E-state index contributed by atoms with van der Waals surface area (Å²) >= 11 is 6.05. The Morgan fingerprint density at radius 3 is 2.66 bits per heavy atom. The maximum absolute atomic E-state index is 13.5. The highest BCUT2D eigenvalue weighted by molar-refractivity contribution is 6.31. The van der Waals surface area contributed by atoms with Crippen LogP contribution < -0.4 is 4.90 Å². The molecule has 0 saturated carbocycles. The lowest BCUT2D eigenvalue weighted by atomic mass is 9.82. The van der Waals surface area contributed by atoms with Gasteiger partial charge in [-0.25, -0.2) is 0 Å². The Bertz CT molecular complexity index is 1420. The maximum atomic E-state index is 13.5. The SMILES string of the molecule is O=C(c1cc(C(F)(F)F)ccc1-n1nccn1)N1CC[C@@H]2CN(c3nc4cc(Cl)ccc4o3)[C@@H]2C1. The summed E-state index contributed by atoms with van der Waals surface area (Å²) in [5, 5.41) is 8.55. The van der Waals surface area contributed by atoms with Crippen molar-refractivity contribution in [1.82, 2.24) is 24.9 Å². The van der Waals surface area contributed by atoms with E-state index in [0.29, 0.717) is 41.1 Å². The summed E-state index contributed by atoms with van der Waals surface area (Å²) in [6.07, 6.45) is -1.06. The lowest BCUT2D eigenvalue weighted by Crippen LogP contribution is -2.65. The van der Waals surface area contributed by atoms with Gasteiger partial charge in [-0.05, 0) is 42.8 Å². The van der Waals surface area contributed by atoms with Gasteiger partial charge >= 0.3 is 6.18 Å². The number of anilines is 1. The quantitative estimate of drug-likeness (QED) is 0.412. The van der Waals surface area contributed by atoms with Crippen LogP contribution in [-0.2, 0) is 6.18 Å². The number of hydrogen-bond donors (Lipinski definition) is 0. The summed E-state index contributed by atoms with van der Waals surface area (Å²) in [5.74, 6) is -0.163. The Kier molecular flexibility index (Phi) is 4.99. The number of alkyl halides is 3. The normalized spacial score (nSPS) is 20.1. The molecule has 1 amide bonds. The van der Waals surface area contributed by atoms with Crippen molar-refractivity contribution in [2.24, 2.45) is 5.92 Å². The molecule has 2 atom stereocenters. The monoisotopic (exact) mass is 502 g/mol. The number of aromatic nitrogens is 4. The minimum Gasteiger partial charge on any atom is -0.423 e. The highest BCUT2D eigenvalue weighted by Gasteiger charge is 2.46. The molecule has 2 aliphatic heterocycles. The average molecular weight is 503 g/mol. The molecule has 35 heavy (non-hydrogen) atoms. The molecule has 4 aromatic rings. The molecular weight excluding hydrogens is 485 g/mol. The van der Waals surface area contributed by atoms with Crippen LogP contribution in [0.4, 0.5) is 19.2 Å². The van der Waals surface area contributed by atoms with Crippen molar-refractivity contribution in [2.45, 2.75) is 18.6 Å². The first-order chi connectivity index (χ1) is 16.8. The second-order valence-corrected chi connectivity index (χ2v) is 9.11. The van der Waals surface area contributed by atoms with E-state index in [0.717, 1.165) is 29.9 Å². The van der Waals surface area contributed by atoms with Gasteiger partial charge in [-0.2, -0.15) is 33.1 Å². The van der Waals surface area contributed by atoms with Gasteiger partial charge in [0.1, 0.15) is 5.52 Å². The van der Waals surface area contributed by atoms with Gasteiger partial charge in [0.25, 0.3) is 11.9 Å². The number of amides is 1. The number of carbonyl (C=O) groups is 1. The molecule has 2 aliphatic rings. The van der Waals surface area contributed by atoms with E-state index in [-0.39, 0.29) is 17.3 Å². The van der Waals surface area contributed by atoms with Crippen LogP contribution in [0.5, 0.6) is 0 Å². The van der Waals surface area contributed by atoms with E-state index < -0.39 is 17.6 Å². The Morgan fingerprint density at radius 2 is 1.89 bits per heavy atom. The number of nitrogens with zero attached hydrogens (tertiary/aromatic N) is 6. The molecule has 4 heterocycles. The number of hydrogen-bond acceptors (Lipinski definition) is 6. The summed E-state index contributed by atoms with van der Waals surface area (Å²) in [6.45, 7) is 1.52. The van der Waals surface area contributed by atoms with Crippen LogP contribution in [0.15, 0.2) is 53.2 Å². The predicted molar refractivity (Wildman–Crippen MR) is 121 cm³/mol. The molecule has 180 valence electrons. The topological polar surface area (TPSA) is 80.3 Å². The van der Waals surface area contributed by atoms with E-state index in [1.54, 1.807) is 23.1 Å². The number of rotatable bonds is 3. The number of oxazole rings is 1. The Morgan fingerprint density at radius 1 is 1.09 bits per heavy atom. The standard InChI is InChI=1S/C23H18ClF3N6O2/c24-15-2-4-20-17(10-15)30-22(35-20)32-11-13-5-8-31(12-19(13)32)21(34)16-9-14(23(25,26)27)1-3-18(16)33-28-6-7-29-33/h1-4,6-7,9-10,13,19H,5,8,11-12H2/t13-,19-/m1/s1. The molecule has 0 spiro atoms. The number of piperidine rings is 1. The number of halogens is 4. The fourth-order valence-electron chi connectivity index (χ4n) is 4.78. The van der Waals surface area contributed by atoms with Crippen molar-refractivity contribution in [1.29, 1.82) is 0 Å². The van der Waals surface area contributed by atoms with Gasteiger partial charge in [0, 0.05) is 30.6 Å². The van der Waals surface area contributed by atoms with E-state index >= 15 is 0 Å². The third-order valence-electron chi connectivity index (χ3n) is 6.61. The summed E-state index contributed by atoms with van der Waals surface area (Å²) in [6, 6.07) is 8.61. The van der Waals surface area contributed by atoms with E-state index in [1.165, 1.54) is 18.5 Å². The van der Waals surface area contributed by atoms with E-state index in [2.05, 4.69) is 15.2 Å². The highest BCUT2D eigenvalue weighted by Crippen LogP contribution is 2.38. The van der Waals surface area contributed by atoms with E-state index in [4.69, 9.17) is 16.0 Å². The second kappa shape index (κ2) is 7.98. The molecule has 2 aromatic carbocycles. The molecule has 6 rings (SSSR count). The first kappa shape index (κ1) is 21.9. The highest BCUT2D eigenvalue weighted by atomic mass is 35.5. The fourth-order valence-corrected chi connectivity index (χ4v) is 4.95. The molecule has 0 radical (unpaired) electrons. The number of benzene rings is 2.